The van der Waals surface area contributed by atoms with E-state index in [1.807, 2.05) is 44.2 Å². The summed E-state index contributed by atoms with van der Waals surface area (Å²) in [5, 5.41) is 38.7. The minimum atomic E-state index is -1.25. The van der Waals surface area contributed by atoms with E-state index >= 15 is 0 Å². The van der Waals surface area contributed by atoms with Gasteiger partial charge in [-0.1, -0.05) is 43.7 Å². The molecular weight excluding hydrogens is 516 g/mol. The Morgan fingerprint density at radius 3 is 2.58 bits per heavy atom. The van der Waals surface area contributed by atoms with Crippen molar-refractivity contribution in [1.29, 1.82) is 0 Å². The second-order valence-electron chi connectivity index (χ2n) is 12.0. The van der Waals surface area contributed by atoms with Crippen molar-refractivity contribution in [1.82, 2.24) is 10.6 Å². The molecule has 4 rings (SSSR count). The summed E-state index contributed by atoms with van der Waals surface area (Å²) >= 11 is 0. The Morgan fingerprint density at radius 2 is 1.88 bits per heavy atom. The first kappa shape index (κ1) is 30.7. The second-order valence-corrected chi connectivity index (χ2v) is 12.0. The normalized spacial score (nSPS) is 38.2. The molecule has 0 radical (unpaired) electrons. The lowest BCUT2D eigenvalue weighted by Crippen LogP contribution is -2.66. The van der Waals surface area contributed by atoms with Gasteiger partial charge in [-0.05, 0) is 63.6 Å². The quantitative estimate of drug-likeness (QED) is 0.323. The van der Waals surface area contributed by atoms with Crippen molar-refractivity contribution in [3.63, 3.8) is 0 Å². The van der Waals surface area contributed by atoms with Gasteiger partial charge in [-0.25, -0.2) is 4.79 Å². The highest BCUT2D eigenvalue weighted by atomic mass is 16.7. The van der Waals surface area contributed by atoms with Crippen LogP contribution < -0.4 is 10.6 Å². The molecule has 224 valence electrons. The van der Waals surface area contributed by atoms with Gasteiger partial charge >= 0.3 is 6.09 Å². The van der Waals surface area contributed by atoms with Gasteiger partial charge in [0, 0.05) is 5.92 Å². The van der Waals surface area contributed by atoms with Crippen LogP contribution in [-0.2, 0) is 25.6 Å². The highest BCUT2D eigenvalue weighted by Crippen LogP contribution is 2.42. The van der Waals surface area contributed by atoms with E-state index in [2.05, 4.69) is 17.6 Å². The standard InChI is InChI=1S/C30H46N2O8/c1-17-9-11-20(12-10-17)15-37-29(35)32-14-21-7-6-8-22(39-21)23-18(2)13-19(3)26(24(23)33)40-28-25(34)27(31-5)30(4,36)16-38-28/h7,9-12,18-19,22-28,31,33-34,36H,6,8,13-16H2,1-5H3,(H,32,35). The van der Waals surface area contributed by atoms with E-state index in [0.29, 0.717) is 5.76 Å². The zero-order valence-corrected chi connectivity index (χ0v) is 24.2. The molecule has 2 aliphatic heterocycles. The number of nitrogens with one attached hydrogen (secondary N) is 2. The van der Waals surface area contributed by atoms with Crippen LogP contribution in [0.15, 0.2) is 36.1 Å². The molecule has 0 bridgehead atoms. The zero-order valence-electron chi connectivity index (χ0n) is 24.2. The number of aryl methyl sites for hydroxylation is 1. The Labute approximate surface area is 237 Å². The summed E-state index contributed by atoms with van der Waals surface area (Å²) in [7, 11) is 1.67. The van der Waals surface area contributed by atoms with E-state index in [0.717, 1.165) is 30.4 Å². The molecule has 1 aliphatic carbocycles. The van der Waals surface area contributed by atoms with Crippen LogP contribution in [0.3, 0.4) is 0 Å². The van der Waals surface area contributed by atoms with Gasteiger partial charge in [0.2, 0.25) is 0 Å². The minimum absolute atomic E-state index is 0.00238. The van der Waals surface area contributed by atoms with Crippen LogP contribution in [0.25, 0.3) is 0 Å². The number of allylic oxidation sites excluding steroid dienone is 1. The Kier molecular flexibility index (Phi) is 10.1. The number of amides is 1. The Morgan fingerprint density at radius 1 is 1.15 bits per heavy atom. The Hall–Kier alpha value is -2.21. The van der Waals surface area contributed by atoms with Gasteiger partial charge in [-0.2, -0.15) is 0 Å². The Balaban J connectivity index is 1.32. The lowest BCUT2D eigenvalue weighted by molar-refractivity contribution is -0.302. The van der Waals surface area contributed by atoms with E-state index in [9.17, 15) is 20.1 Å². The van der Waals surface area contributed by atoms with Crippen molar-refractivity contribution in [3.05, 3.63) is 47.2 Å². The van der Waals surface area contributed by atoms with Gasteiger partial charge in [0.25, 0.3) is 0 Å². The molecular formula is C30H46N2O8. The molecule has 10 atom stereocenters. The molecule has 0 aromatic heterocycles. The number of alkyl carbamates (subject to hydrolysis) is 1. The average Bonchev–Trinajstić information content (AvgIpc) is 2.91. The van der Waals surface area contributed by atoms with E-state index in [1.165, 1.54) is 0 Å². The third-order valence-electron chi connectivity index (χ3n) is 8.58. The highest BCUT2D eigenvalue weighted by molar-refractivity contribution is 5.67. The van der Waals surface area contributed by atoms with Crippen molar-refractivity contribution in [2.45, 2.75) is 95.9 Å². The molecule has 1 aromatic carbocycles. The molecule has 10 nitrogen and oxygen atoms in total. The average molecular weight is 563 g/mol. The predicted molar refractivity (Wildman–Crippen MR) is 148 cm³/mol. The van der Waals surface area contributed by atoms with Crippen LogP contribution in [0.5, 0.6) is 0 Å². The van der Waals surface area contributed by atoms with Gasteiger partial charge in [0.1, 0.15) is 30.2 Å². The van der Waals surface area contributed by atoms with Gasteiger partial charge in [0.15, 0.2) is 6.29 Å². The van der Waals surface area contributed by atoms with E-state index in [1.54, 1.807) is 14.0 Å². The second kappa shape index (κ2) is 13.2. The summed E-state index contributed by atoms with van der Waals surface area (Å²) < 4.78 is 23.6. The summed E-state index contributed by atoms with van der Waals surface area (Å²) in [4.78, 5) is 12.3. The lowest BCUT2D eigenvalue weighted by Gasteiger charge is -2.49. The first-order valence-electron chi connectivity index (χ1n) is 14.3. The van der Waals surface area contributed by atoms with Crippen molar-refractivity contribution in [3.8, 4) is 0 Å². The molecule has 10 heteroatoms. The number of carbonyl (C=O) groups excluding carboxylic acids is 1. The summed E-state index contributed by atoms with van der Waals surface area (Å²) in [6.07, 6.45) is -0.00969. The fourth-order valence-electron chi connectivity index (χ4n) is 6.43. The monoisotopic (exact) mass is 562 g/mol. The number of carbonyl (C=O) groups is 1. The smallest absolute Gasteiger partial charge is 0.407 e. The fraction of sp³-hybridized carbons (Fsp3) is 0.700. The molecule has 1 aromatic rings. The van der Waals surface area contributed by atoms with E-state index in [4.69, 9.17) is 18.9 Å². The topological polar surface area (TPSA) is 139 Å². The lowest BCUT2D eigenvalue weighted by atomic mass is 9.68. The highest BCUT2D eigenvalue weighted by Gasteiger charge is 2.51. The van der Waals surface area contributed by atoms with Gasteiger partial charge in [-0.15, -0.1) is 0 Å². The van der Waals surface area contributed by atoms with Crippen molar-refractivity contribution in [2.75, 3.05) is 20.2 Å². The number of rotatable bonds is 8. The maximum absolute atomic E-state index is 12.3. The number of hydrogen-bond acceptors (Lipinski definition) is 9. The van der Waals surface area contributed by atoms with Crippen LogP contribution in [0.1, 0.15) is 51.2 Å². The van der Waals surface area contributed by atoms with Crippen LogP contribution >= 0.6 is 0 Å². The summed E-state index contributed by atoms with van der Waals surface area (Å²) in [6.45, 7) is 8.13. The third-order valence-corrected chi connectivity index (χ3v) is 8.58. The summed E-state index contributed by atoms with van der Waals surface area (Å²) in [5.74, 6) is 0.632. The maximum atomic E-state index is 12.3. The number of aliphatic hydroxyl groups excluding tert-OH is 2. The molecule has 2 heterocycles. The first-order valence-corrected chi connectivity index (χ1v) is 14.3. The molecule has 2 fully saturated rings. The molecule has 1 saturated heterocycles. The fourth-order valence-corrected chi connectivity index (χ4v) is 6.43. The molecule has 40 heavy (non-hydrogen) atoms. The third kappa shape index (κ3) is 7.16. The largest absolute Gasteiger partial charge is 0.493 e. The van der Waals surface area contributed by atoms with Crippen LogP contribution in [0.2, 0.25) is 0 Å². The van der Waals surface area contributed by atoms with Crippen LogP contribution in [0.4, 0.5) is 4.79 Å². The maximum Gasteiger partial charge on any atom is 0.407 e. The predicted octanol–water partition coefficient (Wildman–Crippen LogP) is 2.38. The molecule has 1 saturated carbocycles. The van der Waals surface area contributed by atoms with Gasteiger partial charge in [0.05, 0.1) is 31.4 Å². The summed E-state index contributed by atoms with van der Waals surface area (Å²) in [6, 6.07) is 7.17. The molecule has 5 N–H and O–H groups in total. The first-order chi connectivity index (χ1) is 19.0. The molecule has 3 aliphatic rings. The van der Waals surface area contributed by atoms with Crippen LogP contribution in [-0.4, -0.2) is 84.0 Å². The van der Waals surface area contributed by atoms with Crippen molar-refractivity contribution in [2.24, 2.45) is 17.8 Å². The minimum Gasteiger partial charge on any atom is -0.493 e. The SMILES string of the molecule is CNC1C(O)C(OC2C(C)CC(C)C(C3CCC=C(CNC(=O)OCc4ccc(C)cc4)O3)C2O)OCC1(C)O. The van der Waals surface area contributed by atoms with Crippen LogP contribution in [0, 0.1) is 24.7 Å². The molecule has 10 unspecified atom stereocenters. The number of aliphatic hydroxyl groups is 3. The number of hydrogen-bond donors (Lipinski definition) is 5. The van der Waals surface area contributed by atoms with E-state index in [-0.39, 0.29) is 43.6 Å². The number of ether oxygens (including phenoxy) is 4. The van der Waals surface area contributed by atoms with Gasteiger partial charge in [-0.3, -0.25) is 0 Å². The summed E-state index contributed by atoms with van der Waals surface area (Å²) in [5.41, 5.74) is 0.811. The molecule has 0 spiro atoms. The zero-order chi connectivity index (χ0) is 29.0. The van der Waals surface area contributed by atoms with E-state index < -0.39 is 42.3 Å². The van der Waals surface area contributed by atoms with Crippen molar-refractivity contribution >= 4 is 6.09 Å². The Bertz CT molecular complexity index is 1020. The number of likely N-dealkylation sites (N-methyl/N-ethyl adjacent to an activating group) is 1. The van der Waals surface area contributed by atoms with Gasteiger partial charge < -0.3 is 44.9 Å². The molecule has 1 amide bonds. The van der Waals surface area contributed by atoms with Crippen molar-refractivity contribution < 1.29 is 39.1 Å². The number of benzene rings is 1.